The normalized spacial score (nSPS) is 28.0. The van der Waals surface area contributed by atoms with Crippen LogP contribution >= 0.6 is 11.3 Å². The van der Waals surface area contributed by atoms with E-state index >= 15 is 0 Å². The highest BCUT2D eigenvalue weighted by atomic mass is 32.1. The number of carbonyl (C=O) groups excluding carboxylic acids is 1. The summed E-state index contributed by atoms with van der Waals surface area (Å²) in [5, 5.41) is 4.09. The Kier molecular flexibility index (Phi) is 2.99. The lowest BCUT2D eigenvalue weighted by Crippen LogP contribution is -2.38. The molecule has 5 nitrogen and oxygen atoms in total. The number of thiazole rings is 1. The maximum atomic E-state index is 12.0. The van der Waals surface area contributed by atoms with Gasteiger partial charge in [-0.05, 0) is 12.8 Å². The lowest BCUT2D eigenvalue weighted by Gasteiger charge is -2.30. The van der Waals surface area contributed by atoms with Gasteiger partial charge >= 0.3 is 0 Å². The van der Waals surface area contributed by atoms with E-state index in [1.807, 2.05) is 25.2 Å². The zero-order valence-electron chi connectivity index (χ0n) is 10.7. The lowest BCUT2D eigenvalue weighted by molar-refractivity contribution is -0.122. The summed E-state index contributed by atoms with van der Waals surface area (Å²) < 4.78 is 0. The molecule has 1 aromatic heterocycles. The number of aromatic nitrogens is 1. The Labute approximate surface area is 111 Å². The number of fused-ring (bicyclic) bond motifs is 1. The van der Waals surface area contributed by atoms with Crippen molar-refractivity contribution in [3.05, 3.63) is 11.1 Å². The Morgan fingerprint density at radius 3 is 3.06 bits per heavy atom. The van der Waals surface area contributed by atoms with E-state index in [1.54, 1.807) is 11.3 Å². The van der Waals surface area contributed by atoms with Crippen molar-refractivity contribution in [2.45, 2.75) is 31.5 Å². The summed E-state index contributed by atoms with van der Waals surface area (Å²) >= 11 is 1.65. The molecule has 1 N–H and O–H groups in total. The maximum absolute atomic E-state index is 12.0. The van der Waals surface area contributed by atoms with Crippen LogP contribution in [0.15, 0.2) is 6.20 Å². The second-order valence-corrected chi connectivity index (χ2v) is 6.14. The van der Waals surface area contributed by atoms with Crippen molar-refractivity contribution >= 4 is 22.4 Å². The minimum absolute atomic E-state index is 0.0361. The van der Waals surface area contributed by atoms with Crippen LogP contribution in [0.1, 0.15) is 30.3 Å². The second kappa shape index (κ2) is 4.51. The van der Waals surface area contributed by atoms with Crippen LogP contribution in [0.4, 0.5) is 5.13 Å². The summed E-state index contributed by atoms with van der Waals surface area (Å²) in [6, 6.07) is 0.0775. The number of rotatable bonds is 2. The SMILES string of the molecule is CN(C)c1ncc([C@H]2NC(=O)[C@H]3CCCCN32)s1. The van der Waals surface area contributed by atoms with Gasteiger partial charge < -0.3 is 10.2 Å². The van der Waals surface area contributed by atoms with Crippen molar-refractivity contribution < 1.29 is 4.79 Å². The minimum atomic E-state index is 0.0361. The fourth-order valence-electron chi connectivity index (χ4n) is 2.70. The number of hydrogen-bond acceptors (Lipinski definition) is 5. The van der Waals surface area contributed by atoms with Crippen LogP contribution in [-0.2, 0) is 4.79 Å². The number of nitrogens with zero attached hydrogens (tertiary/aromatic N) is 3. The molecule has 2 aliphatic rings. The Hall–Kier alpha value is -1.14. The third-order valence-corrected chi connectivity index (χ3v) is 4.84. The van der Waals surface area contributed by atoms with E-state index in [-0.39, 0.29) is 18.1 Å². The van der Waals surface area contributed by atoms with E-state index in [2.05, 4.69) is 15.2 Å². The number of anilines is 1. The van der Waals surface area contributed by atoms with Gasteiger partial charge in [-0.25, -0.2) is 4.98 Å². The van der Waals surface area contributed by atoms with Gasteiger partial charge in [0.15, 0.2) is 5.13 Å². The second-order valence-electron chi connectivity index (χ2n) is 5.10. The standard InChI is InChI=1S/C12H18N4OS/c1-15(2)12-13-7-9(18-12)10-14-11(17)8-5-3-4-6-16(8)10/h7-8,10H,3-6H2,1-2H3,(H,14,17)/t8-,10+/m1/s1. The molecule has 98 valence electrons. The Balaban J connectivity index is 1.85. The molecule has 0 spiro atoms. The summed E-state index contributed by atoms with van der Waals surface area (Å²) in [7, 11) is 3.97. The van der Waals surface area contributed by atoms with E-state index in [4.69, 9.17) is 0 Å². The molecule has 0 aliphatic carbocycles. The quantitative estimate of drug-likeness (QED) is 0.873. The van der Waals surface area contributed by atoms with Crippen molar-refractivity contribution in [3.8, 4) is 0 Å². The van der Waals surface area contributed by atoms with Gasteiger partial charge in [0.05, 0.1) is 10.9 Å². The molecule has 1 amide bonds. The first-order valence-corrected chi connectivity index (χ1v) is 7.17. The fourth-order valence-corrected chi connectivity index (χ4v) is 3.61. The molecule has 0 bridgehead atoms. The number of piperidine rings is 1. The molecule has 6 heteroatoms. The van der Waals surface area contributed by atoms with E-state index in [9.17, 15) is 4.79 Å². The first-order chi connectivity index (χ1) is 8.66. The highest BCUT2D eigenvalue weighted by molar-refractivity contribution is 7.15. The summed E-state index contributed by atoms with van der Waals surface area (Å²) in [5.74, 6) is 0.180. The van der Waals surface area contributed by atoms with Crippen LogP contribution in [0, 0.1) is 0 Å². The first-order valence-electron chi connectivity index (χ1n) is 6.36. The molecule has 0 unspecified atom stereocenters. The Morgan fingerprint density at radius 1 is 1.50 bits per heavy atom. The Bertz CT molecular complexity index is 459. The molecule has 0 saturated carbocycles. The monoisotopic (exact) mass is 266 g/mol. The van der Waals surface area contributed by atoms with Gasteiger partial charge in [0.2, 0.25) is 5.91 Å². The van der Waals surface area contributed by atoms with Gasteiger partial charge in [0.1, 0.15) is 6.17 Å². The maximum Gasteiger partial charge on any atom is 0.238 e. The van der Waals surface area contributed by atoms with Gasteiger partial charge in [0, 0.05) is 26.8 Å². The van der Waals surface area contributed by atoms with Crippen molar-refractivity contribution in [1.82, 2.24) is 15.2 Å². The molecular formula is C12H18N4OS. The third-order valence-electron chi connectivity index (χ3n) is 3.62. The van der Waals surface area contributed by atoms with Crippen molar-refractivity contribution in [1.29, 1.82) is 0 Å². The molecule has 2 saturated heterocycles. The van der Waals surface area contributed by atoms with Gasteiger partial charge in [-0.2, -0.15) is 0 Å². The molecule has 2 aliphatic heterocycles. The molecule has 2 fully saturated rings. The molecule has 18 heavy (non-hydrogen) atoms. The van der Waals surface area contributed by atoms with Crippen LogP contribution in [0.25, 0.3) is 0 Å². The smallest absolute Gasteiger partial charge is 0.238 e. The number of carbonyl (C=O) groups is 1. The molecule has 0 radical (unpaired) electrons. The molecule has 3 heterocycles. The van der Waals surface area contributed by atoms with Gasteiger partial charge in [-0.1, -0.05) is 17.8 Å². The molecule has 1 aromatic rings. The first kappa shape index (κ1) is 11.9. The molecule has 2 atom stereocenters. The summed E-state index contributed by atoms with van der Waals surface area (Å²) in [5.41, 5.74) is 0. The molecule has 3 rings (SSSR count). The van der Waals surface area contributed by atoms with Crippen LogP contribution < -0.4 is 10.2 Å². The van der Waals surface area contributed by atoms with Gasteiger partial charge in [-0.15, -0.1) is 0 Å². The highest BCUT2D eigenvalue weighted by Crippen LogP contribution is 2.35. The van der Waals surface area contributed by atoms with E-state index < -0.39 is 0 Å². The number of hydrogen-bond donors (Lipinski definition) is 1. The van der Waals surface area contributed by atoms with Gasteiger partial charge in [-0.3, -0.25) is 9.69 Å². The molecule has 0 aromatic carbocycles. The highest BCUT2D eigenvalue weighted by Gasteiger charge is 2.42. The summed E-state index contributed by atoms with van der Waals surface area (Å²) in [6.07, 6.45) is 5.26. The van der Waals surface area contributed by atoms with Crippen LogP contribution in [-0.4, -0.2) is 42.5 Å². The molecular weight excluding hydrogens is 248 g/mol. The lowest BCUT2D eigenvalue weighted by atomic mass is 10.0. The minimum Gasteiger partial charge on any atom is -0.354 e. The Morgan fingerprint density at radius 2 is 2.33 bits per heavy atom. The van der Waals surface area contributed by atoms with E-state index in [0.717, 1.165) is 29.4 Å². The van der Waals surface area contributed by atoms with Crippen LogP contribution in [0.3, 0.4) is 0 Å². The average Bonchev–Trinajstić information content (AvgIpc) is 2.95. The van der Waals surface area contributed by atoms with Crippen LogP contribution in [0.2, 0.25) is 0 Å². The van der Waals surface area contributed by atoms with E-state index in [1.165, 1.54) is 6.42 Å². The van der Waals surface area contributed by atoms with Crippen molar-refractivity contribution in [2.75, 3.05) is 25.5 Å². The third kappa shape index (κ3) is 1.89. The van der Waals surface area contributed by atoms with Crippen LogP contribution in [0.5, 0.6) is 0 Å². The number of amides is 1. The predicted octanol–water partition coefficient (Wildman–Crippen LogP) is 1.19. The van der Waals surface area contributed by atoms with Crippen molar-refractivity contribution in [2.24, 2.45) is 0 Å². The van der Waals surface area contributed by atoms with Crippen molar-refractivity contribution in [3.63, 3.8) is 0 Å². The zero-order valence-corrected chi connectivity index (χ0v) is 11.5. The topological polar surface area (TPSA) is 48.5 Å². The van der Waals surface area contributed by atoms with E-state index in [0.29, 0.717) is 0 Å². The number of nitrogens with one attached hydrogen (secondary N) is 1. The largest absolute Gasteiger partial charge is 0.354 e. The average molecular weight is 266 g/mol. The zero-order chi connectivity index (χ0) is 12.7. The summed E-state index contributed by atoms with van der Waals surface area (Å²) in [6.45, 7) is 1.00. The summed E-state index contributed by atoms with van der Waals surface area (Å²) in [4.78, 5) is 21.8. The van der Waals surface area contributed by atoms with Gasteiger partial charge in [0.25, 0.3) is 0 Å². The fraction of sp³-hybridized carbons (Fsp3) is 0.667. The predicted molar refractivity (Wildman–Crippen MR) is 71.7 cm³/mol.